The molecule has 1 aromatic rings. The molecule has 0 amide bonds. The van der Waals surface area contributed by atoms with Gasteiger partial charge in [-0.15, -0.1) is 11.3 Å². The molecule has 7 heteroatoms. The molecule has 0 aliphatic heterocycles. The maximum atomic E-state index is 10.4. The van der Waals surface area contributed by atoms with Gasteiger partial charge in [-0.05, 0) is 23.1 Å². The van der Waals surface area contributed by atoms with Crippen LogP contribution in [0.25, 0.3) is 6.08 Å². The molecule has 17 heavy (non-hydrogen) atoms. The second-order valence-corrected chi connectivity index (χ2v) is 4.12. The van der Waals surface area contributed by atoms with E-state index in [1.807, 2.05) is 0 Å². The van der Waals surface area contributed by atoms with Crippen molar-refractivity contribution in [2.75, 3.05) is 0 Å². The summed E-state index contributed by atoms with van der Waals surface area (Å²) < 4.78 is 0. The molecule has 1 aromatic heterocycles. The van der Waals surface area contributed by atoms with E-state index in [-0.39, 0.29) is 5.56 Å². The van der Waals surface area contributed by atoms with Gasteiger partial charge in [-0.1, -0.05) is 0 Å². The highest BCUT2D eigenvalue weighted by atomic mass is 32.1. The molecule has 0 aliphatic rings. The van der Waals surface area contributed by atoms with Crippen LogP contribution in [0.2, 0.25) is 0 Å². The van der Waals surface area contributed by atoms with Gasteiger partial charge in [0, 0.05) is 11.0 Å². The SMILES string of the molecule is O=C(O)/C=C/c1cc(C(O)C(O)C(=O)O)cs1. The first-order chi connectivity index (χ1) is 7.91. The minimum Gasteiger partial charge on any atom is -0.479 e. The summed E-state index contributed by atoms with van der Waals surface area (Å²) in [5, 5.41) is 37.0. The van der Waals surface area contributed by atoms with Crippen LogP contribution in [0.4, 0.5) is 0 Å². The molecule has 2 unspecified atom stereocenters. The Morgan fingerprint density at radius 2 is 1.94 bits per heavy atom. The topological polar surface area (TPSA) is 115 Å². The molecule has 0 aromatic carbocycles. The van der Waals surface area contributed by atoms with Crippen LogP contribution in [0.1, 0.15) is 16.5 Å². The third-order valence-corrected chi connectivity index (χ3v) is 2.84. The third kappa shape index (κ3) is 3.66. The second-order valence-electron chi connectivity index (χ2n) is 3.18. The Hall–Kier alpha value is -1.70. The number of thiophene rings is 1. The van der Waals surface area contributed by atoms with Gasteiger partial charge in [-0.25, -0.2) is 9.59 Å². The van der Waals surface area contributed by atoms with E-state index in [1.165, 1.54) is 17.5 Å². The van der Waals surface area contributed by atoms with E-state index in [0.29, 0.717) is 4.88 Å². The summed E-state index contributed by atoms with van der Waals surface area (Å²) in [6.07, 6.45) is -1.19. The van der Waals surface area contributed by atoms with Crippen molar-refractivity contribution in [1.82, 2.24) is 0 Å². The fourth-order valence-corrected chi connectivity index (χ4v) is 1.91. The highest BCUT2D eigenvalue weighted by molar-refractivity contribution is 7.11. The van der Waals surface area contributed by atoms with Crippen molar-refractivity contribution in [2.45, 2.75) is 12.2 Å². The first-order valence-electron chi connectivity index (χ1n) is 4.50. The molecule has 4 N–H and O–H groups in total. The lowest BCUT2D eigenvalue weighted by Crippen LogP contribution is -2.27. The Labute approximate surface area is 100 Å². The van der Waals surface area contributed by atoms with Gasteiger partial charge in [-0.2, -0.15) is 0 Å². The summed E-state index contributed by atoms with van der Waals surface area (Å²) >= 11 is 1.13. The van der Waals surface area contributed by atoms with Crippen molar-refractivity contribution in [3.63, 3.8) is 0 Å². The fraction of sp³-hybridized carbons (Fsp3) is 0.200. The zero-order valence-electron chi connectivity index (χ0n) is 8.48. The number of carbonyl (C=O) groups is 2. The highest BCUT2D eigenvalue weighted by Crippen LogP contribution is 2.24. The zero-order chi connectivity index (χ0) is 13.0. The van der Waals surface area contributed by atoms with Crippen molar-refractivity contribution >= 4 is 29.4 Å². The Bertz CT molecular complexity index is 449. The first-order valence-corrected chi connectivity index (χ1v) is 5.38. The van der Waals surface area contributed by atoms with E-state index in [1.54, 1.807) is 0 Å². The van der Waals surface area contributed by atoms with Crippen LogP contribution in [0.5, 0.6) is 0 Å². The van der Waals surface area contributed by atoms with E-state index >= 15 is 0 Å². The Morgan fingerprint density at radius 3 is 2.47 bits per heavy atom. The van der Waals surface area contributed by atoms with Crippen molar-refractivity contribution in [3.05, 3.63) is 28.0 Å². The van der Waals surface area contributed by atoms with E-state index < -0.39 is 24.1 Å². The number of rotatable bonds is 5. The molecule has 0 fully saturated rings. The largest absolute Gasteiger partial charge is 0.479 e. The lowest BCUT2D eigenvalue weighted by Gasteiger charge is -2.11. The summed E-state index contributed by atoms with van der Waals surface area (Å²) in [5.41, 5.74) is 0.231. The van der Waals surface area contributed by atoms with Crippen LogP contribution in [0, 0.1) is 0 Å². The summed E-state index contributed by atoms with van der Waals surface area (Å²) in [7, 11) is 0. The lowest BCUT2D eigenvalue weighted by atomic mass is 10.1. The third-order valence-electron chi connectivity index (χ3n) is 1.92. The minimum absolute atomic E-state index is 0.231. The first kappa shape index (κ1) is 13.4. The molecule has 1 heterocycles. The van der Waals surface area contributed by atoms with Crippen molar-refractivity contribution in [2.24, 2.45) is 0 Å². The normalized spacial score (nSPS) is 14.7. The molecule has 0 bridgehead atoms. The highest BCUT2D eigenvalue weighted by Gasteiger charge is 2.25. The van der Waals surface area contributed by atoms with E-state index in [9.17, 15) is 14.7 Å². The average molecular weight is 258 g/mol. The smallest absolute Gasteiger partial charge is 0.335 e. The van der Waals surface area contributed by atoms with Gasteiger partial charge in [0.05, 0.1) is 0 Å². The van der Waals surface area contributed by atoms with Gasteiger partial charge < -0.3 is 20.4 Å². The monoisotopic (exact) mass is 258 g/mol. The van der Waals surface area contributed by atoms with E-state index in [2.05, 4.69) is 0 Å². The number of hydrogen-bond acceptors (Lipinski definition) is 5. The molecule has 2 atom stereocenters. The number of aliphatic hydroxyl groups is 2. The Balaban J connectivity index is 2.80. The van der Waals surface area contributed by atoms with Gasteiger partial charge >= 0.3 is 11.9 Å². The molecule has 0 saturated carbocycles. The quantitative estimate of drug-likeness (QED) is 0.565. The van der Waals surface area contributed by atoms with Gasteiger partial charge in [0.25, 0.3) is 0 Å². The lowest BCUT2D eigenvalue weighted by molar-refractivity contribution is -0.153. The molecule has 92 valence electrons. The number of hydrogen-bond donors (Lipinski definition) is 4. The Kier molecular flexibility index (Phi) is 4.38. The standard InChI is InChI=1S/C10H10O6S/c11-7(12)2-1-6-3-5(4-17-6)8(13)9(14)10(15)16/h1-4,8-9,13-14H,(H,11,12)(H,15,16)/b2-1+. The molecule has 0 spiro atoms. The van der Waals surface area contributed by atoms with Gasteiger partial charge in [0.1, 0.15) is 6.10 Å². The predicted octanol–water partition coefficient (Wildman–Crippen LogP) is 0.325. The van der Waals surface area contributed by atoms with Crippen LogP contribution in [0.3, 0.4) is 0 Å². The van der Waals surface area contributed by atoms with Crippen LogP contribution in [0.15, 0.2) is 17.5 Å². The average Bonchev–Trinajstić information content (AvgIpc) is 2.72. The van der Waals surface area contributed by atoms with Crippen LogP contribution < -0.4 is 0 Å². The number of aliphatic hydroxyl groups excluding tert-OH is 2. The molecule has 6 nitrogen and oxygen atoms in total. The molecule has 1 rings (SSSR count). The number of aliphatic carboxylic acids is 2. The van der Waals surface area contributed by atoms with Crippen molar-refractivity contribution in [3.8, 4) is 0 Å². The van der Waals surface area contributed by atoms with Crippen LogP contribution in [-0.4, -0.2) is 38.5 Å². The second kappa shape index (κ2) is 5.58. The van der Waals surface area contributed by atoms with Crippen molar-refractivity contribution in [1.29, 1.82) is 0 Å². The zero-order valence-corrected chi connectivity index (χ0v) is 9.29. The molecule has 0 aliphatic carbocycles. The number of carboxylic acid groups (broad SMARTS) is 2. The maximum Gasteiger partial charge on any atom is 0.335 e. The molecular weight excluding hydrogens is 248 g/mol. The van der Waals surface area contributed by atoms with Crippen LogP contribution in [-0.2, 0) is 9.59 Å². The predicted molar refractivity (Wildman–Crippen MR) is 59.6 cm³/mol. The molecule has 0 radical (unpaired) electrons. The molecular formula is C10H10O6S. The van der Waals surface area contributed by atoms with Gasteiger partial charge in [-0.3, -0.25) is 0 Å². The van der Waals surface area contributed by atoms with Crippen LogP contribution >= 0.6 is 11.3 Å². The fourth-order valence-electron chi connectivity index (χ4n) is 1.08. The van der Waals surface area contributed by atoms with E-state index in [0.717, 1.165) is 17.4 Å². The summed E-state index contributed by atoms with van der Waals surface area (Å²) in [6.45, 7) is 0. The number of carboxylic acids is 2. The minimum atomic E-state index is -1.90. The maximum absolute atomic E-state index is 10.4. The van der Waals surface area contributed by atoms with E-state index in [4.69, 9.17) is 15.3 Å². The Morgan fingerprint density at radius 1 is 1.29 bits per heavy atom. The van der Waals surface area contributed by atoms with Gasteiger partial charge in [0.15, 0.2) is 6.10 Å². The summed E-state index contributed by atoms with van der Waals surface area (Å²) in [6, 6.07) is 1.42. The molecule has 0 saturated heterocycles. The van der Waals surface area contributed by atoms with Crippen molar-refractivity contribution < 1.29 is 30.0 Å². The van der Waals surface area contributed by atoms with Gasteiger partial charge in [0.2, 0.25) is 0 Å². The summed E-state index contributed by atoms with van der Waals surface area (Å²) in [4.78, 5) is 21.2. The summed E-state index contributed by atoms with van der Waals surface area (Å²) in [5.74, 6) is -2.63.